The summed E-state index contributed by atoms with van der Waals surface area (Å²) in [5.41, 5.74) is 1.07. The molecule has 1 unspecified atom stereocenters. The van der Waals surface area contributed by atoms with E-state index in [1.54, 1.807) is 24.3 Å². The van der Waals surface area contributed by atoms with Crippen LogP contribution in [0, 0.1) is 3.57 Å². The highest BCUT2D eigenvalue weighted by molar-refractivity contribution is 14.1. The molecule has 0 aliphatic carbocycles. The molecule has 7 nitrogen and oxygen atoms in total. The standard InChI is InChI=1S/C19H15IN2O5/c1-11(22-17(24)14-4-2-3-5-15(14)18(22)25)19(26)27-10-16(23)21-13-8-6-12(20)7-9-13/h2-9,11H,10H2,1H3,(H,21,23). The van der Waals surface area contributed by atoms with Gasteiger partial charge in [-0.3, -0.25) is 19.3 Å². The lowest BCUT2D eigenvalue weighted by Gasteiger charge is -2.20. The molecule has 8 heteroatoms. The Morgan fingerprint density at radius 1 is 1.04 bits per heavy atom. The van der Waals surface area contributed by atoms with E-state index in [1.807, 2.05) is 12.1 Å². The van der Waals surface area contributed by atoms with Gasteiger partial charge in [-0.15, -0.1) is 0 Å². The zero-order valence-corrected chi connectivity index (χ0v) is 16.4. The van der Waals surface area contributed by atoms with Crippen molar-refractivity contribution >= 4 is 52.0 Å². The minimum absolute atomic E-state index is 0.249. The molecular weight excluding hydrogens is 463 g/mol. The van der Waals surface area contributed by atoms with Crippen LogP contribution in [0.1, 0.15) is 27.6 Å². The van der Waals surface area contributed by atoms with E-state index in [0.717, 1.165) is 8.47 Å². The molecule has 3 rings (SSSR count). The highest BCUT2D eigenvalue weighted by Gasteiger charge is 2.41. The Morgan fingerprint density at radius 2 is 1.59 bits per heavy atom. The van der Waals surface area contributed by atoms with Gasteiger partial charge in [0.1, 0.15) is 6.04 Å². The molecule has 0 saturated heterocycles. The number of nitrogens with one attached hydrogen (secondary N) is 1. The van der Waals surface area contributed by atoms with E-state index in [2.05, 4.69) is 27.9 Å². The fourth-order valence-corrected chi connectivity index (χ4v) is 3.01. The predicted octanol–water partition coefficient (Wildman–Crippen LogP) is 2.46. The number of halogens is 1. The largest absolute Gasteiger partial charge is 0.454 e. The maximum absolute atomic E-state index is 12.4. The van der Waals surface area contributed by atoms with Gasteiger partial charge >= 0.3 is 5.97 Å². The van der Waals surface area contributed by atoms with E-state index < -0.39 is 36.3 Å². The second-order valence-corrected chi connectivity index (χ2v) is 7.11. The molecule has 1 aliphatic heterocycles. The maximum atomic E-state index is 12.4. The van der Waals surface area contributed by atoms with Gasteiger partial charge in [0.2, 0.25) is 0 Å². The number of hydrogen-bond acceptors (Lipinski definition) is 5. The van der Waals surface area contributed by atoms with E-state index in [9.17, 15) is 19.2 Å². The topological polar surface area (TPSA) is 92.8 Å². The summed E-state index contributed by atoms with van der Waals surface area (Å²) in [5.74, 6) is -2.45. The molecule has 0 aromatic heterocycles. The first-order chi connectivity index (χ1) is 12.9. The van der Waals surface area contributed by atoms with Gasteiger partial charge < -0.3 is 10.1 Å². The summed E-state index contributed by atoms with van der Waals surface area (Å²) in [7, 11) is 0. The van der Waals surface area contributed by atoms with Crippen LogP contribution in [0.2, 0.25) is 0 Å². The number of carbonyl (C=O) groups is 4. The molecule has 1 heterocycles. The molecule has 0 spiro atoms. The normalized spacial score (nSPS) is 13.9. The Balaban J connectivity index is 1.58. The first-order valence-corrected chi connectivity index (χ1v) is 9.15. The van der Waals surface area contributed by atoms with Gasteiger partial charge in [-0.2, -0.15) is 0 Å². The van der Waals surface area contributed by atoms with Crippen molar-refractivity contribution in [2.75, 3.05) is 11.9 Å². The van der Waals surface area contributed by atoms with Crippen molar-refractivity contribution in [3.8, 4) is 0 Å². The molecule has 138 valence electrons. The summed E-state index contributed by atoms with van der Waals surface area (Å²) in [6.07, 6.45) is 0. The lowest BCUT2D eigenvalue weighted by Crippen LogP contribution is -2.44. The molecule has 1 N–H and O–H groups in total. The van der Waals surface area contributed by atoms with Gasteiger partial charge in [0.05, 0.1) is 11.1 Å². The van der Waals surface area contributed by atoms with Crippen LogP contribution >= 0.6 is 22.6 Å². The Morgan fingerprint density at radius 3 is 2.15 bits per heavy atom. The summed E-state index contributed by atoms with van der Waals surface area (Å²) >= 11 is 2.14. The number of fused-ring (bicyclic) bond motifs is 1. The summed E-state index contributed by atoms with van der Waals surface area (Å²) in [6.45, 7) is 0.874. The minimum Gasteiger partial charge on any atom is -0.454 e. The van der Waals surface area contributed by atoms with Crippen LogP contribution in [0.15, 0.2) is 48.5 Å². The van der Waals surface area contributed by atoms with Crippen molar-refractivity contribution in [2.45, 2.75) is 13.0 Å². The number of imide groups is 1. The van der Waals surface area contributed by atoms with Crippen LogP contribution < -0.4 is 5.32 Å². The average Bonchev–Trinajstić information content (AvgIpc) is 2.92. The first kappa shape index (κ1) is 19.0. The van der Waals surface area contributed by atoms with Crippen LogP contribution in [0.3, 0.4) is 0 Å². The fourth-order valence-electron chi connectivity index (χ4n) is 2.65. The molecule has 27 heavy (non-hydrogen) atoms. The lowest BCUT2D eigenvalue weighted by molar-refractivity contribution is -0.150. The van der Waals surface area contributed by atoms with Gasteiger partial charge in [0.25, 0.3) is 17.7 Å². The molecule has 1 atom stereocenters. The van der Waals surface area contributed by atoms with Crippen molar-refractivity contribution in [1.82, 2.24) is 4.90 Å². The van der Waals surface area contributed by atoms with Gasteiger partial charge in [0, 0.05) is 9.26 Å². The summed E-state index contributed by atoms with van der Waals surface area (Å²) in [5, 5.41) is 2.60. The van der Waals surface area contributed by atoms with Crippen LogP contribution in [0.4, 0.5) is 5.69 Å². The Labute approximate surface area is 168 Å². The summed E-state index contributed by atoms with van der Waals surface area (Å²) in [4.78, 5) is 49.7. The van der Waals surface area contributed by atoms with E-state index in [4.69, 9.17) is 4.74 Å². The van der Waals surface area contributed by atoms with E-state index in [1.165, 1.54) is 19.1 Å². The Kier molecular flexibility index (Phi) is 5.54. The van der Waals surface area contributed by atoms with Crippen molar-refractivity contribution in [1.29, 1.82) is 0 Å². The average molecular weight is 478 g/mol. The zero-order chi connectivity index (χ0) is 19.6. The molecule has 0 bridgehead atoms. The quantitative estimate of drug-likeness (QED) is 0.405. The second kappa shape index (κ2) is 7.87. The predicted molar refractivity (Wildman–Crippen MR) is 105 cm³/mol. The van der Waals surface area contributed by atoms with Gasteiger partial charge in [0.15, 0.2) is 6.61 Å². The zero-order valence-electron chi connectivity index (χ0n) is 14.3. The molecule has 2 aromatic rings. The van der Waals surface area contributed by atoms with E-state index >= 15 is 0 Å². The number of hydrogen-bond donors (Lipinski definition) is 1. The Bertz CT molecular complexity index is 891. The summed E-state index contributed by atoms with van der Waals surface area (Å²) < 4.78 is 5.99. The highest BCUT2D eigenvalue weighted by Crippen LogP contribution is 2.24. The third kappa shape index (κ3) is 4.00. The third-order valence-electron chi connectivity index (χ3n) is 4.03. The number of rotatable bonds is 5. The molecule has 3 amide bonds. The number of benzene rings is 2. The first-order valence-electron chi connectivity index (χ1n) is 8.07. The number of nitrogens with zero attached hydrogens (tertiary/aromatic N) is 1. The van der Waals surface area contributed by atoms with Crippen molar-refractivity contribution < 1.29 is 23.9 Å². The lowest BCUT2D eigenvalue weighted by atomic mass is 10.1. The number of amides is 3. The number of anilines is 1. The maximum Gasteiger partial charge on any atom is 0.329 e. The van der Waals surface area contributed by atoms with Crippen molar-refractivity contribution in [2.24, 2.45) is 0 Å². The number of ether oxygens (including phenoxy) is 1. The monoisotopic (exact) mass is 478 g/mol. The molecule has 2 aromatic carbocycles. The van der Waals surface area contributed by atoms with Gasteiger partial charge in [-0.05, 0) is 65.9 Å². The molecule has 0 saturated carbocycles. The second-order valence-electron chi connectivity index (χ2n) is 5.86. The van der Waals surface area contributed by atoms with Crippen LogP contribution in [-0.4, -0.2) is 41.2 Å². The van der Waals surface area contributed by atoms with Gasteiger partial charge in [-0.25, -0.2) is 4.79 Å². The van der Waals surface area contributed by atoms with Crippen molar-refractivity contribution in [3.63, 3.8) is 0 Å². The molecule has 0 fully saturated rings. The molecule has 0 radical (unpaired) electrons. The molecular formula is C19H15IN2O5. The summed E-state index contributed by atoms with van der Waals surface area (Å²) in [6, 6.07) is 12.3. The van der Waals surface area contributed by atoms with Crippen LogP contribution in [0.25, 0.3) is 0 Å². The smallest absolute Gasteiger partial charge is 0.329 e. The fraction of sp³-hybridized carbons (Fsp3) is 0.158. The van der Waals surface area contributed by atoms with Gasteiger partial charge in [-0.1, -0.05) is 12.1 Å². The highest BCUT2D eigenvalue weighted by atomic mass is 127. The molecule has 1 aliphatic rings. The minimum atomic E-state index is -1.14. The number of esters is 1. The third-order valence-corrected chi connectivity index (χ3v) is 4.75. The van der Waals surface area contributed by atoms with Crippen molar-refractivity contribution in [3.05, 3.63) is 63.2 Å². The Hall–Kier alpha value is -2.75. The number of carbonyl (C=O) groups excluding carboxylic acids is 4. The SMILES string of the molecule is CC(C(=O)OCC(=O)Nc1ccc(I)cc1)N1C(=O)c2ccccc2C1=O. The van der Waals surface area contributed by atoms with Crippen LogP contribution in [0.5, 0.6) is 0 Å². The van der Waals surface area contributed by atoms with Crippen LogP contribution in [-0.2, 0) is 14.3 Å². The van der Waals surface area contributed by atoms with E-state index in [-0.39, 0.29) is 11.1 Å². The van der Waals surface area contributed by atoms with E-state index in [0.29, 0.717) is 5.69 Å².